The Morgan fingerprint density at radius 2 is 1.58 bits per heavy atom. The molecule has 4 aromatic carbocycles. The second-order valence-electron chi connectivity index (χ2n) is 9.88. The number of hydroxylamine groups is 1. The Kier molecular flexibility index (Phi) is 9.71. The highest BCUT2D eigenvalue weighted by molar-refractivity contribution is 5.90. The van der Waals surface area contributed by atoms with Crippen LogP contribution in [0.25, 0.3) is 0 Å². The van der Waals surface area contributed by atoms with E-state index in [-0.39, 0.29) is 0 Å². The third-order valence-electron chi connectivity index (χ3n) is 6.91. The lowest BCUT2D eigenvalue weighted by Gasteiger charge is -2.29. The molecule has 0 aromatic heterocycles. The number of para-hydroxylation sites is 2. The van der Waals surface area contributed by atoms with Gasteiger partial charge < -0.3 is 39.3 Å². The zero-order chi connectivity index (χ0) is 30.0. The molecular formula is C33H36N4O6. The third kappa shape index (κ3) is 7.81. The maximum absolute atomic E-state index is 12.6. The van der Waals surface area contributed by atoms with Crippen LogP contribution in [0.3, 0.4) is 0 Å². The third-order valence-corrected chi connectivity index (χ3v) is 6.91. The standard InChI is InChI=1S/C33H36N4O6/c1-23-8-14-31(32(20-23)40-3)42-27-13-15-29(43-36-33(38)35-28-6-4-5-7-30(28)39-2)24(21-27)22-34-25-9-11-26(12-10-25)37-16-18-41-19-17-37/h4-15,20-21,34H,16-19,22H2,1-3H3,(H2,35,36,38). The number of hydrogen-bond donors (Lipinski definition) is 3. The largest absolute Gasteiger partial charge is 0.495 e. The molecule has 0 spiro atoms. The molecule has 1 saturated heterocycles. The number of hydrogen-bond acceptors (Lipinski definition) is 8. The topological polar surface area (TPSA) is 103 Å². The van der Waals surface area contributed by atoms with Gasteiger partial charge in [-0.1, -0.05) is 18.2 Å². The predicted octanol–water partition coefficient (Wildman–Crippen LogP) is 6.37. The van der Waals surface area contributed by atoms with Crippen LogP contribution in [0.4, 0.5) is 21.9 Å². The summed E-state index contributed by atoms with van der Waals surface area (Å²) < 4.78 is 22.5. The Morgan fingerprint density at radius 1 is 0.837 bits per heavy atom. The molecular weight excluding hydrogens is 548 g/mol. The van der Waals surface area contributed by atoms with E-state index in [1.165, 1.54) is 0 Å². The number of aryl methyl sites for hydroxylation is 1. The molecule has 43 heavy (non-hydrogen) atoms. The molecule has 224 valence electrons. The molecule has 1 aliphatic rings. The molecule has 1 fully saturated rings. The Bertz CT molecular complexity index is 1520. The number of carbonyl (C=O) groups is 1. The fourth-order valence-electron chi connectivity index (χ4n) is 4.65. The van der Waals surface area contributed by atoms with Crippen molar-refractivity contribution in [2.24, 2.45) is 0 Å². The number of carbonyl (C=O) groups excluding carboxylic acids is 1. The number of urea groups is 1. The van der Waals surface area contributed by atoms with E-state index in [1.807, 2.05) is 49.4 Å². The molecule has 0 radical (unpaired) electrons. The normalized spacial score (nSPS) is 12.7. The van der Waals surface area contributed by atoms with Crippen LogP contribution in [0.5, 0.6) is 28.7 Å². The first-order valence-corrected chi connectivity index (χ1v) is 14.0. The summed E-state index contributed by atoms with van der Waals surface area (Å²) in [5.74, 6) is 2.81. The first-order chi connectivity index (χ1) is 21.0. The van der Waals surface area contributed by atoms with Crippen molar-refractivity contribution in [1.82, 2.24) is 5.48 Å². The molecule has 1 aliphatic heterocycles. The Balaban J connectivity index is 1.31. The van der Waals surface area contributed by atoms with Crippen LogP contribution in [-0.4, -0.2) is 46.6 Å². The maximum Gasteiger partial charge on any atom is 0.352 e. The van der Waals surface area contributed by atoms with Crippen LogP contribution in [0.1, 0.15) is 11.1 Å². The number of nitrogens with one attached hydrogen (secondary N) is 3. The van der Waals surface area contributed by atoms with Crippen molar-refractivity contribution < 1.29 is 28.6 Å². The zero-order valence-corrected chi connectivity index (χ0v) is 24.5. The number of rotatable bonds is 11. The summed E-state index contributed by atoms with van der Waals surface area (Å²) in [6.07, 6.45) is 0. The van der Waals surface area contributed by atoms with Crippen molar-refractivity contribution in [3.63, 3.8) is 0 Å². The van der Waals surface area contributed by atoms with Crippen molar-refractivity contribution in [1.29, 1.82) is 0 Å². The van der Waals surface area contributed by atoms with Gasteiger partial charge in [0.1, 0.15) is 11.5 Å². The van der Waals surface area contributed by atoms with E-state index >= 15 is 0 Å². The van der Waals surface area contributed by atoms with Gasteiger partial charge in [-0.05, 0) is 79.2 Å². The smallest absolute Gasteiger partial charge is 0.352 e. The van der Waals surface area contributed by atoms with Gasteiger partial charge in [-0.15, -0.1) is 0 Å². The van der Waals surface area contributed by atoms with Gasteiger partial charge in [-0.3, -0.25) is 0 Å². The summed E-state index contributed by atoms with van der Waals surface area (Å²) in [5.41, 5.74) is 6.91. The van der Waals surface area contributed by atoms with Gasteiger partial charge in [-0.2, -0.15) is 5.48 Å². The van der Waals surface area contributed by atoms with E-state index in [0.29, 0.717) is 41.0 Å². The summed E-state index contributed by atoms with van der Waals surface area (Å²) in [6.45, 7) is 5.63. The monoisotopic (exact) mass is 584 g/mol. The van der Waals surface area contributed by atoms with Gasteiger partial charge in [0.25, 0.3) is 0 Å². The van der Waals surface area contributed by atoms with Crippen LogP contribution in [-0.2, 0) is 11.3 Å². The molecule has 1 heterocycles. The minimum atomic E-state index is -0.549. The summed E-state index contributed by atoms with van der Waals surface area (Å²) in [5, 5.41) is 6.18. The Hall–Kier alpha value is -5.09. The van der Waals surface area contributed by atoms with Crippen molar-refractivity contribution in [2.75, 3.05) is 56.1 Å². The van der Waals surface area contributed by atoms with Crippen LogP contribution in [0, 0.1) is 6.92 Å². The molecule has 0 saturated carbocycles. The number of morpholine rings is 1. The zero-order valence-electron chi connectivity index (χ0n) is 24.5. The van der Waals surface area contributed by atoms with Crippen molar-refractivity contribution in [3.05, 3.63) is 96.1 Å². The van der Waals surface area contributed by atoms with Crippen LogP contribution in [0.15, 0.2) is 84.9 Å². The molecule has 10 nitrogen and oxygen atoms in total. The van der Waals surface area contributed by atoms with Gasteiger partial charge in [-0.25, -0.2) is 4.79 Å². The van der Waals surface area contributed by atoms with Crippen LogP contribution >= 0.6 is 0 Å². The van der Waals surface area contributed by atoms with Gasteiger partial charge in [0.2, 0.25) is 0 Å². The summed E-state index contributed by atoms with van der Waals surface area (Å²) >= 11 is 0. The average molecular weight is 585 g/mol. The van der Waals surface area contributed by atoms with Gasteiger partial charge in [0, 0.05) is 36.6 Å². The van der Waals surface area contributed by atoms with Crippen molar-refractivity contribution in [2.45, 2.75) is 13.5 Å². The van der Waals surface area contributed by atoms with Crippen LogP contribution in [0.2, 0.25) is 0 Å². The molecule has 0 unspecified atom stereocenters. The first-order valence-electron chi connectivity index (χ1n) is 14.0. The van der Waals surface area contributed by atoms with Gasteiger partial charge in [0.15, 0.2) is 17.2 Å². The quantitative estimate of drug-likeness (QED) is 0.175. The number of benzene rings is 4. The highest BCUT2D eigenvalue weighted by Crippen LogP contribution is 2.34. The molecule has 10 heteroatoms. The summed E-state index contributed by atoms with van der Waals surface area (Å²) in [7, 11) is 3.15. The first kappa shape index (κ1) is 29.4. The molecule has 3 N–H and O–H groups in total. The van der Waals surface area contributed by atoms with Gasteiger partial charge in [0.05, 0.1) is 33.1 Å². The number of nitrogens with zero attached hydrogens (tertiary/aromatic N) is 1. The Morgan fingerprint density at radius 3 is 2.35 bits per heavy atom. The summed E-state index contributed by atoms with van der Waals surface area (Å²) in [6, 6.07) is 26.0. The van der Waals surface area contributed by atoms with E-state index in [4.69, 9.17) is 23.8 Å². The lowest BCUT2D eigenvalue weighted by Crippen LogP contribution is -2.36. The van der Waals surface area contributed by atoms with Gasteiger partial charge >= 0.3 is 6.03 Å². The van der Waals surface area contributed by atoms with Crippen molar-refractivity contribution in [3.8, 4) is 28.7 Å². The van der Waals surface area contributed by atoms with E-state index in [9.17, 15) is 4.79 Å². The second-order valence-corrected chi connectivity index (χ2v) is 9.88. The second kappa shape index (κ2) is 14.2. The fraction of sp³-hybridized carbons (Fsp3) is 0.242. The highest BCUT2D eigenvalue weighted by Gasteiger charge is 2.14. The van der Waals surface area contributed by atoms with Crippen LogP contribution < -0.4 is 40.1 Å². The number of methoxy groups -OCH3 is 2. The molecule has 0 atom stereocenters. The average Bonchev–Trinajstić information content (AvgIpc) is 3.05. The minimum absolute atomic E-state index is 0.407. The van der Waals surface area contributed by atoms with E-state index in [0.717, 1.165) is 48.8 Å². The molecule has 4 aromatic rings. The lowest BCUT2D eigenvalue weighted by atomic mass is 10.1. The fourth-order valence-corrected chi connectivity index (χ4v) is 4.65. The lowest BCUT2D eigenvalue weighted by molar-refractivity contribution is 0.122. The maximum atomic E-state index is 12.6. The molecule has 5 rings (SSSR count). The molecule has 2 amide bonds. The number of ether oxygens (including phenoxy) is 4. The molecule has 0 aliphatic carbocycles. The van der Waals surface area contributed by atoms with E-state index in [2.05, 4.69) is 33.1 Å². The Labute approximate surface area is 251 Å². The summed E-state index contributed by atoms with van der Waals surface area (Å²) in [4.78, 5) is 20.7. The highest BCUT2D eigenvalue weighted by atomic mass is 16.7. The SMILES string of the molecule is COc1ccccc1NC(=O)NOc1ccc(Oc2ccc(C)cc2OC)cc1CNc1ccc(N2CCOCC2)cc1. The van der Waals surface area contributed by atoms with Crippen molar-refractivity contribution >= 4 is 23.1 Å². The van der Waals surface area contributed by atoms with E-state index < -0.39 is 6.03 Å². The minimum Gasteiger partial charge on any atom is -0.495 e. The predicted molar refractivity (Wildman–Crippen MR) is 167 cm³/mol. The molecule has 0 bridgehead atoms. The van der Waals surface area contributed by atoms with E-state index in [1.54, 1.807) is 44.6 Å². The number of amides is 2. The number of anilines is 3.